The first-order valence-corrected chi connectivity index (χ1v) is 7.33. The van der Waals surface area contributed by atoms with Gasteiger partial charge in [-0.15, -0.1) is 0 Å². The Balaban J connectivity index is 1.44. The predicted molar refractivity (Wildman–Crippen MR) is 77.6 cm³/mol. The van der Waals surface area contributed by atoms with Crippen molar-refractivity contribution >= 4 is 11.6 Å². The van der Waals surface area contributed by atoms with Crippen LogP contribution >= 0.6 is 11.6 Å². The van der Waals surface area contributed by atoms with Gasteiger partial charge in [-0.25, -0.2) is 4.98 Å². The summed E-state index contributed by atoms with van der Waals surface area (Å²) in [5.41, 5.74) is 0.690. The largest absolute Gasteiger partial charge is 0.442 e. The third kappa shape index (κ3) is 2.69. The third-order valence-electron chi connectivity index (χ3n) is 3.39. The van der Waals surface area contributed by atoms with E-state index in [1.54, 1.807) is 12.3 Å². The fourth-order valence-electron chi connectivity index (χ4n) is 2.09. The molecule has 6 nitrogen and oxygen atoms in total. The number of benzene rings is 1. The highest BCUT2D eigenvalue weighted by atomic mass is 35.5. The molecule has 4 rings (SSSR count). The maximum atomic E-state index is 6.09. The maximum absolute atomic E-state index is 6.09. The van der Waals surface area contributed by atoms with Crippen LogP contribution in [0, 0.1) is 0 Å². The molecule has 0 saturated heterocycles. The van der Waals surface area contributed by atoms with Crippen LogP contribution in [0.1, 0.15) is 30.4 Å². The Labute approximate surface area is 131 Å². The Hall–Kier alpha value is -2.34. The molecule has 2 aromatic heterocycles. The standard InChI is InChI=1S/C15H12ClN3O3/c16-11-4-2-1-3-10(11)14-18-15(22-19-14)20-8-13-17-7-12(21-13)9-5-6-9/h1-4,7,9H,5-6,8H2. The average molecular weight is 318 g/mol. The Kier molecular flexibility index (Phi) is 3.31. The van der Waals surface area contributed by atoms with Crippen molar-refractivity contribution < 1.29 is 13.7 Å². The summed E-state index contributed by atoms with van der Waals surface area (Å²) in [6.45, 7) is 0.150. The lowest BCUT2D eigenvalue weighted by Gasteiger charge is -1.96. The molecule has 1 fully saturated rings. The van der Waals surface area contributed by atoms with E-state index in [0.29, 0.717) is 28.2 Å². The Morgan fingerprint density at radius 2 is 2.14 bits per heavy atom. The molecule has 0 atom stereocenters. The van der Waals surface area contributed by atoms with Gasteiger partial charge in [0.15, 0.2) is 6.61 Å². The van der Waals surface area contributed by atoms with Crippen molar-refractivity contribution in [3.8, 4) is 17.5 Å². The van der Waals surface area contributed by atoms with Gasteiger partial charge in [0, 0.05) is 11.5 Å². The smallest absolute Gasteiger partial charge is 0.418 e. The zero-order valence-electron chi connectivity index (χ0n) is 11.5. The highest BCUT2D eigenvalue weighted by molar-refractivity contribution is 6.33. The van der Waals surface area contributed by atoms with Gasteiger partial charge in [0.2, 0.25) is 11.7 Å². The lowest BCUT2D eigenvalue weighted by molar-refractivity contribution is 0.175. The molecule has 1 aliphatic carbocycles. The molecule has 0 radical (unpaired) electrons. The van der Waals surface area contributed by atoms with Crippen molar-refractivity contribution in [2.24, 2.45) is 0 Å². The number of hydrogen-bond donors (Lipinski definition) is 0. The van der Waals surface area contributed by atoms with Gasteiger partial charge in [-0.05, 0) is 25.0 Å². The van der Waals surface area contributed by atoms with Crippen LogP contribution in [0.4, 0.5) is 0 Å². The van der Waals surface area contributed by atoms with Crippen LogP contribution in [-0.2, 0) is 6.61 Å². The maximum Gasteiger partial charge on any atom is 0.418 e. The van der Waals surface area contributed by atoms with Crippen LogP contribution in [0.2, 0.25) is 5.02 Å². The second-order valence-electron chi connectivity index (χ2n) is 5.08. The van der Waals surface area contributed by atoms with Crippen LogP contribution in [0.25, 0.3) is 11.4 Å². The van der Waals surface area contributed by atoms with Crippen molar-refractivity contribution in [1.82, 2.24) is 15.1 Å². The highest BCUT2D eigenvalue weighted by Gasteiger charge is 2.27. The summed E-state index contributed by atoms with van der Waals surface area (Å²) < 4.78 is 16.1. The average Bonchev–Trinajstić information content (AvgIpc) is 3.09. The number of rotatable bonds is 5. The summed E-state index contributed by atoms with van der Waals surface area (Å²) in [5.74, 6) is 2.32. The first-order valence-electron chi connectivity index (χ1n) is 6.95. The van der Waals surface area contributed by atoms with E-state index in [0.717, 1.165) is 5.76 Å². The molecule has 112 valence electrons. The van der Waals surface area contributed by atoms with Crippen LogP contribution < -0.4 is 4.74 Å². The number of hydrogen-bond acceptors (Lipinski definition) is 6. The first kappa shape index (κ1) is 13.3. The van der Waals surface area contributed by atoms with E-state index in [9.17, 15) is 0 Å². The second kappa shape index (κ2) is 5.46. The Morgan fingerprint density at radius 3 is 2.95 bits per heavy atom. The van der Waals surface area contributed by atoms with Crippen molar-refractivity contribution in [1.29, 1.82) is 0 Å². The van der Waals surface area contributed by atoms with Crippen molar-refractivity contribution in [3.63, 3.8) is 0 Å². The minimum absolute atomic E-state index is 0.0566. The molecule has 3 aromatic rings. The molecule has 0 unspecified atom stereocenters. The van der Waals surface area contributed by atoms with E-state index in [1.165, 1.54) is 12.8 Å². The summed E-state index contributed by atoms with van der Waals surface area (Å²) in [7, 11) is 0. The van der Waals surface area contributed by atoms with Crippen LogP contribution in [0.5, 0.6) is 6.08 Å². The molecule has 0 amide bonds. The summed E-state index contributed by atoms with van der Waals surface area (Å²) in [6, 6.07) is 7.26. The monoisotopic (exact) mass is 317 g/mol. The molecule has 22 heavy (non-hydrogen) atoms. The third-order valence-corrected chi connectivity index (χ3v) is 3.72. The van der Waals surface area contributed by atoms with Crippen LogP contribution in [-0.4, -0.2) is 15.1 Å². The van der Waals surface area contributed by atoms with Crippen molar-refractivity contribution in [3.05, 3.63) is 47.1 Å². The Morgan fingerprint density at radius 1 is 1.27 bits per heavy atom. The van der Waals surface area contributed by atoms with Crippen LogP contribution in [0.15, 0.2) is 39.4 Å². The van der Waals surface area contributed by atoms with E-state index in [1.807, 2.05) is 18.2 Å². The minimum atomic E-state index is 0.0566. The quantitative estimate of drug-likeness (QED) is 0.712. The van der Waals surface area contributed by atoms with Crippen LogP contribution in [0.3, 0.4) is 0 Å². The summed E-state index contributed by atoms with van der Waals surface area (Å²) >= 11 is 6.09. The lowest BCUT2D eigenvalue weighted by atomic mass is 10.2. The number of aromatic nitrogens is 3. The zero-order valence-corrected chi connectivity index (χ0v) is 12.3. The summed E-state index contributed by atoms with van der Waals surface area (Å²) in [5, 5.41) is 4.41. The predicted octanol–water partition coefficient (Wildman–Crippen LogP) is 3.83. The SMILES string of the molecule is Clc1ccccc1-c1noc(OCc2ncc(C3CC3)o2)n1. The molecule has 0 spiro atoms. The van der Waals surface area contributed by atoms with Gasteiger partial charge in [0.1, 0.15) is 5.76 Å². The van der Waals surface area contributed by atoms with Gasteiger partial charge in [-0.3, -0.25) is 4.52 Å². The number of halogens is 1. The van der Waals surface area contributed by atoms with E-state index in [4.69, 9.17) is 25.3 Å². The Bertz CT molecular complexity index is 795. The number of oxazole rings is 1. The van der Waals surface area contributed by atoms with Gasteiger partial charge in [-0.1, -0.05) is 28.9 Å². The van der Waals surface area contributed by atoms with E-state index in [-0.39, 0.29) is 12.7 Å². The second-order valence-corrected chi connectivity index (χ2v) is 5.49. The topological polar surface area (TPSA) is 74.2 Å². The van der Waals surface area contributed by atoms with Crippen molar-refractivity contribution in [2.75, 3.05) is 0 Å². The molecule has 2 heterocycles. The van der Waals surface area contributed by atoms with E-state index in [2.05, 4.69) is 15.1 Å². The van der Waals surface area contributed by atoms with Gasteiger partial charge in [0.25, 0.3) is 0 Å². The fraction of sp³-hybridized carbons (Fsp3) is 0.267. The van der Waals surface area contributed by atoms with Gasteiger partial charge in [0.05, 0.1) is 11.2 Å². The summed E-state index contributed by atoms with van der Waals surface area (Å²) in [4.78, 5) is 8.33. The lowest BCUT2D eigenvalue weighted by Crippen LogP contribution is -1.95. The minimum Gasteiger partial charge on any atom is -0.442 e. The molecule has 1 aromatic carbocycles. The molecule has 0 bridgehead atoms. The van der Waals surface area contributed by atoms with Gasteiger partial charge < -0.3 is 9.15 Å². The molecule has 1 saturated carbocycles. The molecular weight excluding hydrogens is 306 g/mol. The highest BCUT2D eigenvalue weighted by Crippen LogP contribution is 2.40. The molecule has 1 aliphatic rings. The van der Waals surface area contributed by atoms with Gasteiger partial charge >= 0.3 is 6.08 Å². The molecular formula is C15H12ClN3O3. The number of ether oxygens (including phenoxy) is 1. The zero-order chi connectivity index (χ0) is 14.9. The summed E-state index contributed by atoms with van der Waals surface area (Å²) in [6.07, 6.45) is 4.14. The first-order chi connectivity index (χ1) is 10.8. The normalized spacial score (nSPS) is 14.2. The van der Waals surface area contributed by atoms with E-state index < -0.39 is 0 Å². The van der Waals surface area contributed by atoms with E-state index >= 15 is 0 Å². The number of nitrogens with zero attached hydrogens (tertiary/aromatic N) is 3. The van der Waals surface area contributed by atoms with Gasteiger partial charge in [-0.2, -0.15) is 4.98 Å². The van der Waals surface area contributed by atoms with Crippen molar-refractivity contribution in [2.45, 2.75) is 25.4 Å². The molecule has 7 heteroatoms. The fourth-order valence-corrected chi connectivity index (χ4v) is 2.31. The molecule has 0 aliphatic heterocycles. The molecule has 0 N–H and O–H groups in total.